The zero-order chi connectivity index (χ0) is 24.4. The van der Waals surface area contributed by atoms with Crippen LogP contribution in [0.3, 0.4) is 0 Å². The highest BCUT2D eigenvalue weighted by Gasteiger charge is 2.39. The van der Waals surface area contributed by atoms with E-state index in [9.17, 15) is 9.59 Å². The van der Waals surface area contributed by atoms with E-state index >= 15 is 0 Å². The zero-order valence-corrected chi connectivity index (χ0v) is 20.1. The average Bonchev–Trinajstić information content (AvgIpc) is 3.59. The monoisotopic (exact) mass is 491 g/mol. The number of piperazine rings is 1. The summed E-state index contributed by atoms with van der Waals surface area (Å²) in [5.74, 6) is 0.593. The highest BCUT2D eigenvalue weighted by Crippen LogP contribution is 2.34. The lowest BCUT2D eigenvalue weighted by Gasteiger charge is -2.38. The van der Waals surface area contributed by atoms with Crippen LogP contribution >= 0.6 is 11.6 Å². The van der Waals surface area contributed by atoms with Crippen LogP contribution in [0.1, 0.15) is 41.1 Å². The van der Waals surface area contributed by atoms with Crippen molar-refractivity contribution >= 4 is 29.1 Å². The van der Waals surface area contributed by atoms with Gasteiger partial charge in [0.1, 0.15) is 11.8 Å². The van der Waals surface area contributed by atoms with Crippen LogP contribution in [0.4, 0.5) is 0 Å². The van der Waals surface area contributed by atoms with Crippen molar-refractivity contribution in [3.05, 3.63) is 89.1 Å². The quantitative estimate of drug-likeness (QED) is 0.541. The minimum Gasteiger partial charge on any atom is -0.467 e. The standard InChI is InChI=1S/C26H26ClN5O3/c1-18(30-12-14-31(15-13-30)26(34)20-8-10-28-11-9-20)25(33)32-23(24-3-2-16-35-24)17-22(29-32)19-4-6-21(27)7-5-19/h2-11,16,18,23H,12-15,17H2,1H3/t18-,23-/m0/s1. The van der Waals surface area contributed by atoms with Crippen molar-refractivity contribution < 1.29 is 14.0 Å². The molecule has 4 heterocycles. The molecule has 2 amide bonds. The first-order valence-corrected chi connectivity index (χ1v) is 12.0. The number of pyridine rings is 1. The van der Waals surface area contributed by atoms with E-state index in [1.165, 1.54) is 0 Å². The third-order valence-electron chi connectivity index (χ3n) is 6.62. The van der Waals surface area contributed by atoms with Gasteiger partial charge < -0.3 is 9.32 Å². The van der Waals surface area contributed by atoms with Gasteiger partial charge in [-0.2, -0.15) is 5.10 Å². The van der Waals surface area contributed by atoms with Gasteiger partial charge in [0.25, 0.3) is 11.8 Å². The maximum absolute atomic E-state index is 13.6. The number of hydrazone groups is 1. The van der Waals surface area contributed by atoms with Crippen molar-refractivity contribution in [1.82, 2.24) is 19.8 Å². The van der Waals surface area contributed by atoms with E-state index < -0.39 is 0 Å². The number of hydrogen-bond acceptors (Lipinski definition) is 6. The molecule has 3 aromatic rings. The second-order valence-corrected chi connectivity index (χ2v) is 9.15. The molecule has 0 N–H and O–H groups in total. The van der Waals surface area contributed by atoms with Gasteiger partial charge >= 0.3 is 0 Å². The first-order chi connectivity index (χ1) is 17.0. The van der Waals surface area contributed by atoms with E-state index in [0.717, 1.165) is 11.3 Å². The van der Waals surface area contributed by atoms with Crippen molar-refractivity contribution in [1.29, 1.82) is 0 Å². The summed E-state index contributed by atoms with van der Waals surface area (Å²) in [5, 5.41) is 6.93. The highest BCUT2D eigenvalue weighted by molar-refractivity contribution is 6.30. The predicted molar refractivity (Wildman–Crippen MR) is 132 cm³/mol. The van der Waals surface area contributed by atoms with E-state index in [1.807, 2.05) is 48.2 Å². The molecule has 0 spiro atoms. The number of carbonyl (C=O) groups excluding carboxylic acids is 2. The normalized spacial score (nSPS) is 19.5. The largest absolute Gasteiger partial charge is 0.467 e. The van der Waals surface area contributed by atoms with Crippen molar-refractivity contribution in [3.8, 4) is 0 Å². The molecule has 0 aliphatic carbocycles. The summed E-state index contributed by atoms with van der Waals surface area (Å²) in [5.41, 5.74) is 2.37. The molecule has 180 valence electrons. The van der Waals surface area contributed by atoms with Gasteiger partial charge in [-0.15, -0.1) is 0 Å². The van der Waals surface area contributed by atoms with E-state index in [0.29, 0.717) is 48.9 Å². The zero-order valence-electron chi connectivity index (χ0n) is 19.4. The Hall–Kier alpha value is -3.49. The molecule has 2 aromatic heterocycles. The lowest BCUT2D eigenvalue weighted by atomic mass is 10.0. The van der Waals surface area contributed by atoms with Crippen LogP contribution in [0.15, 0.2) is 76.7 Å². The third-order valence-corrected chi connectivity index (χ3v) is 6.87. The first-order valence-electron chi connectivity index (χ1n) is 11.6. The molecule has 1 aromatic carbocycles. The van der Waals surface area contributed by atoms with Crippen molar-refractivity contribution in [2.45, 2.75) is 25.4 Å². The third kappa shape index (κ3) is 4.85. The fourth-order valence-corrected chi connectivity index (χ4v) is 4.70. The Labute approximate surface area is 208 Å². The summed E-state index contributed by atoms with van der Waals surface area (Å²) in [7, 11) is 0. The van der Waals surface area contributed by atoms with E-state index in [-0.39, 0.29) is 23.9 Å². The lowest BCUT2D eigenvalue weighted by Crippen LogP contribution is -2.55. The Balaban J connectivity index is 1.29. The number of furan rings is 1. The summed E-state index contributed by atoms with van der Waals surface area (Å²) in [4.78, 5) is 34.3. The van der Waals surface area contributed by atoms with Crippen LogP contribution in [-0.2, 0) is 4.79 Å². The summed E-state index contributed by atoms with van der Waals surface area (Å²) in [6.45, 7) is 4.23. The summed E-state index contributed by atoms with van der Waals surface area (Å²) in [6.07, 6.45) is 5.41. The van der Waals surface area contributed by atoms with Gasteiger partial charge in [-0.1, -0.05) is 23.7 Å². The number of benzene rings is 1. The van der Waals surface area contributed by atoms with Crippen molar-refractivity contribution in [3.63, 3.8) is 0 Å². The van der Waals surface area contributed by atoms with Crippen LogP contribution in [0.25, 0.3) is 0 Å². The van der Waals surface area contributed by atoms with Crippen LogP contribution in [0.5, 0.6) is 0 Å². The molecule has 2 atom stereocenters. The van der Waals surface area contributed by atoms with E-state index in [1.54, 1.807) is 35.8 Å². The maximum Gasteiger partial charge on any atom is 0.260 e. The fourth-order valence-electron chi connectivity index (χ4n) is 4.57. The van der Waals surface area contributed by atoms with Gasteiger partial charge in [-0.3, -0.25) is 19.5 Å². The van der Waals surface area contributed by atoms with Gasteiger partial charge in [-0.05, 0) is 48.9 Å². The molecule has 2 aliphatic rings. The Morgan fingerprint density at radius 2 is 1.74 bits per heavy atom. The molecule has 9 heteroatoms. The van der Waals surface area contributed by atoms with Crippen LogP contribution in [0, 0.1) is 0 Å². The van der Waals surface area contributed by atoms with Gasteiger partial charge in [0.15, 0.2) is 0 Å². The summed E-state index contributed by atoms with van der Waals surface area (Å²) in [6, 6.07) is 13.9. The Morgan fingerprint density at radius 3 is 2.40 bits per heavy atom. The second kappa shape index (κ2) is 10.0. The van der Waals surface area contributed by atoms with Gasteiger partial charge in [-0.25, -0.2) is 5.01 Å². The average molecular weight is 492 g/mol. The van der Waals surface area contributed by atoms with Gasteiger partial charge in [0.05, 0.1) is 18.0 Å². The maximum atomic E-state index is 13.6. The Morgan fingerprint density at radius 1 is 1.03 bits per heavy atom. The number of halogens is 1. The highest BCUT2D eigenvalue weighted by atomic mass is 35.5. The molecular weight excluding hydrogens is 466 g/mol. The number of amides is 2. The Kier molecular flexibility index (Phi) is 6.66. The molecule has 0 saturated carbocycles. The fraction of sp³-hybridized carbons (Fsp3) is 0.308. The minimum absolute atomic E-state index is 0.0133. The van der Waals surface area contributed by atoms with Gasteiger partial charge in [0.2, 0.25) is 0 Å². The number of rotatable bonds is 5. The summed E-state index contributed by atoms with van der Waals surface area (Å²) < 4.78 is 5.66. The molecule has 0 radical (unpaired) electrons. The van der Waals surface area contributed by atoms with Crippen LogP contribution in [-0.4, -0.2) is 69.5 Å². The second-order valence-electron chi connectivity index (χ2n) is 8.71. The van der Waals surface area contributed by atoms with E-state index in [4.69, 9.17) is 21.1 Å². The number of carbonyl (C=O) groups is 2. The lowest BCUT2D eigenvalue weighted by molar-refractivity contribution is -0.139. The predicted octanol–water partition coefficient (Wildman–Crippen LogP) is 3.85. The molecule has 0 bridgehead atoms. The molecule has 0 unspecified atom stereocenters. The van der Waals surface area contributed by atoms with Crippen molar-refractivity contribution in [2.75, 3.05) is 26.2 Å². The number of hydrogen-bond donors (Lipinski definition) is 0. The molecule has 2 aliphatic heterocycles. The molecule has 35 heavy (non-hydrogen) atoms. The number of aromatic nitrogens is 1. The Bertz CT molecular complexity index is 1210. The SMILES string of the molecule is C[C@@H](C(=O)N1N=C(c2ccc(Cl)cc2)C[C@H]1c1ccco1)N1CCN(C(=O)c2ccncc2)CC1. The number of nitrogens with zero attached hydrogens (tertiary/aromatic N) is 5. The first kappa shape index (κ1) is 23.3. The van der Waals surface area contributed by atoms with Crippen LogP contribution in [0.2, 0.25) is 5.02 Å². The molecule has 1 fully saturated rings. The topological polar surface area (TPSA) is 82.3 Å². The molecule has 1 saturated heterocycles. The van der Waals surface area contributed by atoms with Gasteiger partial charge in [0, 0.05) is 55.6 Å². The smallest absolute Gasteiger partial charge is 0.260 e. The van der Waals surface area contributed by atoms with Crippen LogP contribution < -0.4 is 0 Å². The summed E-state index contributed by atoms with van der Waals surface area (Å²) >= 11 is 6.05. The molecular formula is C26H26ClN5O3. The van der Waals surface area contributed by atoms with Crippen molar-refractivity contribution in [2.24, 2.45) is 5.10 Å². The molecule has 8 nitrogen and oxygen atoms in total. The van der Waals surface area contributed by atoms with E-state index in [2.05, 4.69) is 9.88 Å². The minimum atomic E-state index is -0.390. The molecule has 5 rings (SSSR count).